The molecule has 0 amide bonds. The van der Waals surface area contributed by atoms with Gasteiger partial charge in [0.1, 0.15) is 5.75 Å². The van der Waals surface area contributed by atoms with E-state index in [4.69, 9.17) is 4.74 Å². The first kappa shape index (κ1) is 16.1. The molecule has 2 nitrogen and oxygen atoms in total. The Morgan fingerprint density at radius 1 is 1.20 bits per heavy atom. The highest BCUT2D eigenvalue weighted by molar-refractivity contribution is 14.1. The van der Waals surface area contributed by atoms with Gasteiger partial charge in [-0.1, -0.05) is 15.9 Å². The molecule has 20 heavy (non-hydrogen) atoms. The number of hydrogen-bond donors (Lipinski definition) is 1. The predicted octanol–water partition coefficient (Wildman–Crippen LogP) is 5.75. The van der Waals surface area contributed by atoms with Gasteiger partial charge in [-0.3, -0.25) is 0 Å². The van der Waals surface area contributed by atoms with E-state index in [0.29, 0.717) is 6.54 Å². The van der Waals surface area contributed by atoms with Gasteiger partial charge in [0.05, 0.1) is 11.6 Å². The molecule has 0 saturated heterocycles. The molecule has 0 radical (unpaired) electrons. The van der Waals surface area contributed by atoms with Crippen molar-refractivity contribution in [3.63, 3.8) is 0 Å². The van der Waals surface area contributed by atoms with E-state index < -0.39 is 0 Å². The first-order valence-corrected chi connectivity index (χ1v) is 8.69. The van der Waals surface area contributed by atoms with Crippen LogP contribution in [0.15, 0.2) is 39.3 Å². The van der Waals surface area contributed by atoms with E-state index in [1.807, 2.05) is 6.07 Å². The Bertz CT molecular complexity index is 632. The quantitative estimate of drug-likeness (QED) is 0.529. The number of methoxy groups -OCH3 is 1. The van der Waals surface area contributed by atoms with Gasteiger partial charge in [-0.2, -0.15) is 0 Å². The number of halogens is 3. The lowest BCUT2D eigenvalue weighted by molar-refractivity contribution is 0.407. The molecule has 0 saturated carbocycles. The summed E-state index contributed by atoms with van der Waals surface area (Å²) in [4.78, 5) is 0. The molecule has 0 fully saturated rings. The fourth-order valence-corrected chi connectivity index (χ4v) is 4.11. The first-order chi connectivity index (χ1) is 9.51. The molecule has 2 aromatic carbocycles. The molecular weight excluding hydrogens is 497 g/mol. The van der Waals surface area contributed by atoms with E-state index in [9.17, 15) is 0 Å². The van der Waals surface area contributed by atoms with Crippen molar-refractivity contribution in [2.75, 3.05) is 12.4 Å². The Morgan fingerprint density at radius 2 is 1.95 bits per heavy atom. The maximum absolute atomic E-state index is 5.46. The van der Waals surface area contributed by atoms with E-state index in [1.165, 1.54) is 9.13 Å². The molecule has 0 heterocycles. The van der Waals surface area contributed by atoms with Crippen molar-refractivity contribution in [3.8, 4) is 5.75 Å². The summed E-state index contributed by atoms with van der Waals surface area (Å²) in [7, 11) is 1.69. The molecular formula is C15H14Br2INO. The van der Waals surface area contributed by atoms with E-state index in [2.05, 4.69) is 91.0 Å². The Kier molecular flexibility index (Phi) is 5.74. The van der Waals surface area contributed by atoms with Crippen LogP contribution < -0.4 is 10.1 Å². The van der Waals surface area contributed by atoms with Gasteiger partial charge >= 0.3 is 0 Å². The minimum atomic E-state index is 0.711. The summed E-state index contributed by atoms with van der Waals surface area (Å²) >= 11 is 9.36. The monoisotopic (exact) mass is 509 g/mol. The van der Waals surface area contributed by atoms with Crippen molar-refractivity contribution >= 4 is 60.1 Å². The standard InChI is InChI=1S/C15H14Br2INO/c1-9-5-12(18)3-4-14(9)19-8-10-6-11(16)7-13(17)15(10)20-2/h3-7,19H,8H2,1-2H3. The number of aryl methyl sites for hydroxylation is 1. The third-order valence-electron chi connectivity index (χ3n) is 2.95. The average Bonchev–Trinajstić information content (AvgIpc) is 2.37. The average molecular weight is 511 g/mol. The second kappa shape index (κ2) is 7.13. The minimum Gasteiger partial charge on any atom is -0.495 e. The molecule has 0 aliphatic heterocycles. The van der Waals surface area contributed by atoms with Crippen LogP contribution in [0.5, 0.6) is 5.75 Å². The molecule has 2 aromatic rings. The number of anilines is 1. The maximum atomic E-state index is 5.46. The lowest BCUT2D eigenvalue weighted by atomic mass is 10.1. The van der Waals surface area contributed by atoms with E-state index in [1.54, 1.807) is 7.11 Å². The van der Waals surface area contributed by atoms with Crippen molar-refractivity contribution in [1.82, 2.24) is 0 Å². The van der Waals surface area contributed by atoms with Crippen LogP contribution in [-0.2, 0) is 6.54 Å². The van der Waals surface area contributed by atoms with Crippen LogP contribution in [0.3, 0.4) is 0 Å². The van der Waals surface area contributed by atoms with Gasteiger partial charge in [-0.25, -0.2) is 0 Å². The summed E-state index contributed by atoms with van der Waals surface area (Å²) < 4.78 is 8.68. The van der Waals surface area contributed by atoms with E-state index in [-0.39, 0.29) is 0 Å². The zero-order valence-corrected chi connectivity index (χ0v) is 16.5. The third kappa shape index (κ3) is 3.89. The molecule has 1 N–H and O–H groups in total. The lowest BCUT2D eigenvalue weighted by Crippen LogP contribution is -2.03. The molecule has 106 valence electrons. The fourth-order valence-electron chi connectivity index (χ4n) is 1.99. The van der Waals surface area contributed by atoms with Crippen LogP contribution in [0.2, 0.25) is 0 Å². The van der Waals surface area contributed by atoms with Gasteiger partial charge in [-0.15, -0.1) is 0 Å². The number of benzene rings is 2. The molecule has 0 spiro atoms. The van der Waals surface area contributed by atoms with Gasteiger partial charge in [-0.05, 0) is 81.3 Å². The SMILES string of the molecule is COc1c(Br)cc(Br)cc1CNc1ccc(I)cc1C. The van der Waals surface area contributed by atoms with Crippen LogP contribution in [-0.4, -0.2) is 7.11 Å². The van der Waals surface area contributed by atoms with Crippen LogP contribution in [0.4, 0.5) is 5.69 Å². The Morgan fingerprint density at radius 3 is 2.60 bits per heavy atom. The summed E-state index contributed by atoms with van der Waals surface area (Å²) in [5.41, 5.74) is 3.49. The largest absolute Gasteiger partial charge is 0.495 e. The molecule has 0 atom stereocenters. The van der Waals surface area contributed by atoms with E-state index >= 15 is 0 Å². The molecule has 0 unspecified atom stereocenters. The number of rotatable bonds is 4. The van der Waals surface area contributed by atoms with Gasteiger partial charge in [0.15, 0.2) is 0 Å². The highest BCUT2D eigenvalue weighted by Crippen LogP contribution is 2.33. The van der Waals surface area contributed by atoms with Crippen molar-refractivity contribution in [2.45, 2.75) is 13.5 Å². The molecule has 0 bridgehead atoms. The van der Waals surface area contributed by atoms with E-state index in [0.717, 1.165) is 25.9 Å². The highest BCUT2D eigenvalue weighted by Gasteiger charge is 2.09. The van der Waals surface area contributed by atoms with Crippen molar-refractivity contribution in [2.24, 2.45) is 0 Å². The molecule has 0 aliphatic carbocycles. The smallest absolute Gasteiger partial charge is 0.138 e. The van der Waals surface area contributed by atoms with Crippen LogP contribution >= 0.6 is 54.5 Å². The second-order valence-electron chi connectivity index (χ2n) is 4.39. The normalized spacial score (nSPS) is 10.4. The van der Waals surface area contributed by atoms with Crippen LogP contribution in [0, 0.1) is 10.5 Å². The molecule has 2 rings (SSSR count). The van der Waals surface area contributed by atoms with Gasteiger partial charge < -0.3 is 10.1 Å². The van der Waals surface area contributed by atoms with Crippen LogP contribution in [0.1, 0.15) is 11.1 Å². The highest BCUT2D eigenvalue weighted by atomic mass is 127. The Hall–Kier alpha value is -0.270. The summed E-state index contributed by atoms with van der Waals surface area (Å²) in [6.07, 6.45) is 0. The zero-order valence-electron chi connectivity index (χ0n) is 11.1. The van der Waals surface area contributed by atoms with Crippen molar-refractivity contribution < 1.29 is 4.74 Å². The van der Waals surface area contributed by atoms with Crippen molar-refractivity contribution in [3.05, 3.63) is 54.0 Å². The summed E-state index contributed by atoms with van der Waals surface area (Å²) in [6, 6.07) is 10.4. The summed E-state index contributed by atoms with van der Waals surface area (Å²) in [5.74, 6) is 0.865. The topological polar surface area (TPSA) is 21.3 Å². The number of ether oxygens (including phenoxy) is 1. The second-order valence-corrected chi connectivity index (χ2v) is 7.41. The molecule has 5 heteroatoms. The van der Waals surface area contributed by atoms with Gasteiger partial charge in [0.25, 0.3) is 0 Å². The maximum Gasteiger partial charge on any atom is 0.138 e. The molecule has 0 aliphatic rings. The van der Waals surface area contributed by atoms with Gasteiger partial charge in [0, 0.05) is 25.8 Å². The zero-order chi connectivity index (χ0) is 14.7. The minimum absolute atomic E-state index is 0.711. The lowest BCUT2D eigenvalue weighted by Gasteiger charge is -2.14. The van der Waals surface area contributed by atoms with Crippen LogP contribution in [0.25, 0.3) is 0 Å². The fraction of sp³-hybridized carbons (Fsp3) is 0.200. The number of hydrogen-bond acceptors (Lipinski definition) is 2. The summed E-state index contributed by atoms with van der Waals surface area (Å²) in [5, 5.41) is 3.46. The summed E-state index contributed by atoms with van der Waals surface area (Å²) in [6.45, 7) is 2.82. The third-order valence-corrected chi connectivity index (χ3v) is 4.67. The Balaban J connectivity index is 2.22. The number of nitrogens with one attached hydrogen (secondary N) is 1. The van der Waals surface area contributed by atoms with Gasteiger partial charge in [0.2, 0.25) is 0 Å². The van der Waals surface area contributed by atoms with Crippen molar-refractivity contribution in [1.29, 1.82) is 0 Å². The first-order valence-electron chi connectivity index (χ1n) is 6.03. The Labute approximate surface area is 149 Å². The molecule has 0 aromatic heterocycles. The predicted molar refractivity (Wildman–Crippen MR) is 99.6 cm³/mol.